The molecule has 2 aliphatic rings. The second-order valence-electron chi connectivity index (χ2n) is 7.67. The molecule has 0 N–H and O–H groups in total. The van der Waals surface area contributed by atoms with Gasteiger partial charge in [0.25, 0.3) is 5.91 Å². The van der Waals surface area contributed by atoms with E-state index in [1.54, 1.807) is 0 Å². The monoisotopic (exact) mass is 397 g/mol. The molecule has 1 fully saturated rings. The summed E-state index contributed by atoms with van der Waals surface area (Å²) in [4.78, 5) is 27.4. The predicted molar refractivity (Wildman–Crippen MR) is 108 cm³/mol. The first-order valence-electron chi connectivity index (χ1n) is 9.82. The smallest absolute Gasteiger partial charge is 0.308 e. The van der Waals surface area contributed by atoms with Gasteiger partial charge in [-0.05, 0) is 61.4 Å². The van der Waals surface area contributed by atoms with E-state index in [9.17, 15) is 9.59 Å². The zero-order valence-electron chi connectivity index (χ0n) is 15.9. The lowest BCUT2D eigenvalue weighted by molar-refractivity contribution is -0.146. The number of ether oxygens (including phenoxy) is 1. The molecule has 1 heterocycles. The predicted octanol–water partition coefficient (Wildman–Crippen LogP) is 4.81. The average Bonchev–Trinajstić information content (AvgIpc) is 2.74. The van der Waals surface area contributed by atoms with Crippen LogP contribution >= 0.6 is 11.6 Å². The highest BCUT2D eigenvalue weighted by Gasteiger charge is 2.39. The fourth-order valence-corrected chi connectivity index (χ4v) is 4.76. The Labute approximate surface area is 170 Å². The molecule has 0 saturated heterocycles. The van der Waals surface area contributed by atoms with Gasteiger partial charge in [0.15, 0.2) is 0 Å². The maximum Gasteiger partial charge on any atom is 0.308 e. The minimum absolute atomic E-state index is 0.0145. The van der Waals surface area contributed by atoms with Crippen LogP contribution < -0.4 is 0 Å². The van der Waals surface area contributed by atoms with Crippen molar-refractivity contribution in [2.45, 2.75) is 44.2 Å². The molecule has 1 saturated carbocycles. The molecule has 1 aliphatic carbocycles. The maximum absolute atomic E-state index is 13.4. The zero-order valence-corrected chi connectivity index (χ0v) is 16.7. The van der Waals surface area contributed by atoms with Crippen LogP contribution in [0.5, 0.6) is 0 Å². The molecule has 1 aliphatic heterocycles. The summed E-state index contributed by atoms with van der Waals surface area (Å²) in [6, 6.07) is 15.8. The number of hydrogen-bond acceptors (Lipinski definition) is 3. The molecule has 0 spiro atoms. The van der Waals surface area contributed by atoms with Crippen LogP contribution in [0.25, 0.3) is 0 Å². The number of methoxy groups -OCH3 is 1. The fourth-order valence-electron chi connectivity index (χ4n) is 4.63. The van der Waals surface area contributed by atoms with Crippen molar-refractivity contribution >= 4 is 23.5 Å². The van der Waals surface area contributed by atoms with Crippen LogP contribution in [-0.2, 0) is 16.0 Å². The molecule has 0 bridgehead atoms. The van der Waals surface area contributed by atoms with E-state index in [2.05, 4.69) is 4.90 Å². The SMILES string of the molecule is COC(=O)C1CCC(N2C(=O)c3ccccc3C[C@@H]2c2ccc(Cl)cc2)CC1. The number of nitrogens with zero attached hydrogens (tertiary/aromatic N) is 1. The van der Waals surface area contributed by atoms with E-state index in [1.807, 2.05) is 48.5 Å². The Morgan fingerprint density at radius 3 is 2.39 bits per heavy atom. The highest BCUT2D eigenvalue weighted by Crippen LogP contribution is 2.39. The van der Waals surface area contributed by atoms with Gasteiger partial charge in [0.1, 0.15) is 0 Å². The lowest BCUT2D eigenvalue weighted by atomic mass is 9.81. The summed E-state index contributed by atoms with van der Waals surface area (Å²) in [5.74, 6) is -0.103. The summed E-state index contributed by atoms with van der Waals surface area (Å²) in [6.45, 7) is 0. The first kappa shape index (κ1) is 19.0. The molecule has 0 aromatic heterocycles. The molecule has 0 unspecified atom stereocenters. The average molecular weight is 398 g/mol. The largest absolute Gasteiger partial charge is 0.469 e. The maximum atomic E-state index is 13.4. The molecule has 2 aromatic rings. The number of hydrogen-bond donors (Lipinski definition) is 0. The second kappa shape index (κ2) is 7.96. The van der Waals surface area contributed by atoms with Crippen molar-refractivity contribution in [2.75, 3.05) is 7.11 Å². The third-order valence-corrected chi connectivity index (χ3v) is 6.36. The highest BCUT2D eigenvalue weighted by molar-refractivity contribution is 6.30. The van der Waals surface area contributed by atoms with Gasteiger partial charge >= 0.3 is 5.97 Å². The first-order valence-corrected chi connectivity index (χ1v) is 10.2. The van der Waals surface area contributed by atoms with Crippen LogP contribution in [0.15, 0.2) is 48.5 Å². The van der Waals surface area contributed by atoms with Crippen molar-refractivity contribution in [1.29, 1.82) is 0 Å². The summed E-state index contributed by atoms with van der Waals surface area (Å²) in [5.41, 5.74) is 2.98. The lowest BCUT2D eigenvalue weighted by Gasteiger charge is -2.44. The van der Waals surface area contributed by atoms with Crippen molar-refractivity contribution in [3.8, 4) is 0 Å². The summed E-state index contributed by atoms with van der Waals surface area (Å²) in [7, 11) is 1.44. The normalized spacial score (nSPS) is 24.6. The summed E-state index contributed by atoms with van der Waals surface area (Å²) in [5, 5.41) is 0.691. The molecular weight excluding hydrogens is 374 g/mol. The van der Waals surface area contributed by atoms with Gasteiger partial charge in [-0.15, -0.1) is 0 Å². The van der Waals surface area contributed by atoms with Crippen molar-refractivity contribution in [1.82, 2.24) is 4.90 Å². The summed E-state index contributed by atoms with van der Waals surface area (Å²) < 4.78 is 4.91. The molecule has 146 valence electrons. The van der Waals surface area contributed by atoms with Gasteiger partial charge in [-0.25, -0.2) is 0 Å². The van der Waals surface area contributed by atoms with Crippen molar-refractivity contribution < 1.29 is 14.3 Å². The minimum Gasteiger partial charge on any atom is -0.469 e. The van der Waals surface area contributed by atoms with Crippen LogP contribution in [-0.4, -0.2) is 29.9 Å². The molecule has 1 amide bonds. The first-order chi connectivity index (χ1) is 13.6. The van der Waals surface area contributed by atoms with Gasteiger partial charge in [0.2, 0.25) is 0 Å². The topological polar surface area (TPSA) is 46.6 Å². The number of carbonyl (C=O) groups is 2. The van der Waals surface area contributed by atoms with Crippen LogP contribution in [0.2, 0.25) is 5.02 Å². The molecule has 5 heteroatoms. The fraction of sp³-hybridized carbons (Fsp3) is 0.391. The van der Waals surface area contributed by atoms with E-state index < -0.39 is 0 Å². The molecule has 2 aromatic carbocycles. The Morgan fingerprint density at radius 1 is 1.04 bits per heavy atom. The van der Waals surface area contributed by atoms with E-state index in [-0.39, 0.29) is 29.9 Å². The standard InChI is InChI=1S/C23H24ClNO3/c1-28-23(27)16-8-12-19(13-9-16)25-21(15-6-10-18(24)11-7-15)14-17-4-2-3-5-20(17)22(25)26/h2-7,10-11,16,19,21H,8-9,12-14H2,1H3/t16?,19?,21-/m1/s1. The Balaban J connectivity index is 1.65. The summed E-state index contributed by atoms with van der Waals surface area (Å²) >= 11 is 6.08. The van der Waals surface area contributed by atoms with Crippen molar-refractivity contribution in [3.63, 3.8) is 0 Å². The number of esters is 1. The molecule has 0 radical (unpaired) electrons. The Morgan fingerprint density at radius 2 is 1.71 bits per heavy atom. The van der Waals surface area contributed by atoms with E-state index in [0.717, 1.165) is 48.8 Å². The minimum atomic E-state index is -0.136. The molecular formula is C23H24ClNO3. The zero-order chi connectivity index (χ0) is 19.7. The third-order valence-electron chi connectivity index (χ3n) is 6.11. The third kappa shape index (κ3) is 3.53. The molecule has 1 atom stereocenters. The highest BCUT2D eigenvalue weighted by atomic mass is 35.5. The second-order valence-corrected chi connectivity index (χ2v) is 8.11. The van der Waals surface area contributed by atoms with Crippen LogP contribution in [0.4, 0.5) is 0 Å². The van der Waals surface area contributed by atoms with Gasteiger partial charge in [-0.2, -0.15) is 0 Å². The molecule has 4 rings (SSSR count). The van der Waals surface area contributed by atoms with Gasteiger partial charge in [-0.3, -0.25) is 9.59 Å². The van der Waals surface area contributed by atoms with Gasteiger partial charge in [-0.1, -0.05) is 41.9 Å². The Kier molecular flexibility index (Phi) is 5.40. The van der Waals surface area contributed by atoms with Crippen LogP contribution in [0.3, 0.4) is 0 Å². The van der Waals surface area contributed by atoms with Crippen molar-refractivity contribution in [2.24, 2.45) is 5.92 Å². The van der Waals surface area contributed by atoms with E-state index in [4.69, 9.17) is 16.3 Å². The number of amides is 1. The number of benzene rings is 2. The van der Waals surface area contributed by atoms with E-state index >= 15 is 0 Å². The van der Waals surface area contributed by atoms with Gasteiger partial charge in [0.05, 0.1) is 19.1 Å². The van der Waals surface area contributed by atoms with Crippen molar-refractivity contribution in [3.05, 3.63) is 70.2 Å². The Bertz CT molecular complexity index is 872. The van der Waals surface area contributed by atoms with Crippen LogP contribution in [0.1, 0.15) is 53.2 Å². The summed E-state index contributed by atoms with van der Waals surface area (Å²) in [6.07, 6.45) is 3.95. The number of fused-ring (bicyclic) bond motifs is 1. The molecule has 28 heavy (non-hydrogen) atoms. The van der Waals surface area contributed by atoms with Gasteiger partial charge in [0, 0.05) is 16.6 Å². The van der Waals surface area contributed by atoms with Gasteiger partial charge < -0.3 is 9.64 Å². The van der Waals surface area contributed by atoms with E-state index in [0.29, 0.717) is 5.02 Å². The Hall–Kier alpha value is -2.33. The quantitative estimate of drug-likeness (QED) is 0.698. The number of rotatable bonds is 3. The molecule has 4 nitrogen and oxygen atoms in total. The number of halogens is 1. The van der Waals surface area contributed by atoms with Crippen LogP contribution in [0, 0.1) is 5.92 Å². The number of carbonyl (C=O) groups excluding carboxylic acids is 2. The van der Waals surface area contributed by atoms with E-state index in [1.165, 1.54) is 7.11 Å². The lowest BCUT2D eigenvalue weighted by Crippen LogP contribution is -2.48.